The van der Waals surface area contributed by atoms with E-state index in [1.807, 2.05) is 6.08 Å². The maximum absolute atomic E-state index is 12.5. The number of unbranched alkanes of at least 4 members (excludes halogenated alkanes) is 33. The molecule has 0 spiro atoms. The molecule has 0 fully saturated rings. The molecule has 5 nitrogen and oxygen atoms in total. The summed E-state index contributed by atoms with van der Waals surface area (Å²) in [5.41, 5.74) is 0. The van der Waals surface area contributed by atoms with E-state index in [-0.39, 0.29) is 6.61 Å². The first-order valence-corrected chi connectivity index (χ1v) is 23.7. The highest BCUT2D eigenvalue weighted by Gasteiger charge is 2.22. The molecule has 0 aliphatic carbocycles. The molecule has 0 aromatic heterocycles. The van der Waals surface area contributed by atoms with Crippen LogP contribution in [0.1, 0.15) is 251 Å². The van der Waals surface area contributed by atoms with Crippen LogP contribution in [0.2, 0.25) is 0 Å². The maximum Gasteiger partial charge on any atom is 0.249 e. The Morgan fingerprint density at radius 3 is 1.15 bits per heavy atom. The van der Waals surface area contributed by atoms with Crippen LogP contribution in [0.5, 0.6) is 0 Å². The lowest BCUT2D eigenvalue weighted by atomic mass is 10.0. The molecule has 1 amide bonds. The number of aliphatic hydroxyl groups is 3. The zero-order valence-corrected chi connectivity index (χ0v) is 35.7. The zero-order chi connectivity index (χ0) is 38.7. The number of nitrogens with one attached hydrogen (secondary N) is 1. The number of carbonyl (C=O) groups is 1. The summed E-state index contributed by atoms with van der Waals surface area (Å²) >= 11 is 0. The monoisotopic (exact) mass is 748 g/mol. The van der Waals surface area contributed by atoms with Crippen molar-refractivity contribution in [3.05, 3.63) is 24.3 Å². The number of hydrogen-bond donors (Lipinski definition) is 4. The van der Waals surface area contributed by atoms with Gasteiger partial charge in [-0.15, -0.1) is 0 Å². The lowest BCUT2D eigenvalue weighted by Crippen LogP contribution is -2.48. The van der Waals surface area contributed by atoms with E-state index < -0.39 is 24.2 Å². The molecule has 53 heavy (non-hydrogen) atoms. The number of hydrogen-bond acceptors (Lipinski definition) is 4. The molecule has 314 valence electrons. The Balaban J connectivity index is 3.66. The van der Waals surface area contributed by atoms with Gasteiger partial charge in [-0.05, 0) is 32.1 Å². The highest BCUT2D eigenvalue weighted by Crippen LogP contribution is 2.16. The third kappa shape index (κ3) is 38.9. The van der Waals surface area contributed by atoms with Gasteiger partial charge in [-0.25, -0.2) is 0 Å². The summed E-state index contributed by atoms with van der Waals surface area (Å²) in [6.45, 7) is 4.19. The minimum Gasteiger partial charge on any atom is -0.394 e. The van der Waals surface area contributed by atoms with Gasteiger partial charge in [0.1, 0.15) is 6.10 Å². The molecule has 0 saturated heterocycles. The molecule has 0 heterocycles. The average molecular weight is 748 g/mol. The highest BCUT2D eigenvalue weighted by molar-refractivity contribution is 5.80. The molecule has 3 unspecified atom stereocenters. The number of carbonyl (C=O) groups excluding carboxylic acids is 1. The van der Waals surface area contributed by atoms with Gasteiger partial charge in [0.15, 0.2) is 0 Å². The van der Waals surface area contributed by atoms with E-state index in [0.717, 1.165) is 38.5 Å². The summed E-state index contributed by atoms with van der Waals surface area (Å²) in [6.07, 6.45) is 53.6. The quantitative estimate of drug-likeness (QED) is 0.0369. The Labute approximate surface area is 331 Å². The first-order valence-electron chi connectivity index (χ1n) is 23.7. The Kier molecular flexibility index (Phi) is 42.6. The first-order chi connectivity index (χ1) is 26.1. The summed E-state index contributed by atoms with van der Waals surface area (Å²) in [5, 5.41) is 33.2. The summed E-state index contributed by atoms with van der Waals surface area (Å²) in [4.78, 5) is 12.5. The van der Waals surface area contributed by atoms with Gasteiger partial charge in [-0.1, -0.05) is 244 Å². The number of allylic oxidation sites excluding steroid dienone is 3. The summed E-state index contributed by atoms with van der Waals surface area (Å²) in [7, 11) is 0. The molecule has 0 radical (unpaired) electrons. The largest absolute Gasteiger partial charge is 0.394 e. The highest BCUT2D eigenvalue weighted by atomic mass is 16.3. The van der Waals surface area contributed by atoms with Gasteiger partial charge in [0.05, 0.1) is 18.8 Å². The smallest absolute Gasteiger partial charge is 0.249 e. The standard InChI is InChI=1S/C48H93NO4/c1-3-5-7-9-11-13-15-17-19-21-23-25-27-29-31-33-35-37-39-41-43-47(52)48(53)49-45(44-50)46(51)42-40-38-36-34-32-30-28-26-24-22-20-18-16-14-12-10-8-6-4-2/h32,34,40,42,45-47,50-52H,3-31,33,35-39,41,43-44H2,1-2H3,(H,49,53)/b34-32+,42-40+. The van der Waals surface area contributed by atoms with Crippen molar-refractivity contribution >= 4 is 5.91 Å². The van der Waals surface area contributed by atoms with Crippen LogP contribution in [0, 0.1) is 0 Å². The van der Waals surface area contributed by atoms with Crippen LogP contribution >= 0.6 is 0 Å². The third-order valence-corrected chi connectivity index (χ3v) is 11.0. The third-order valence-electron chi connectivity index (χ3n) is 11.0. The van der Waals surface area contributed by atoms with Gasteiger partial charge < -0.3 is 20.6 Å². The Bertz CT molecular complexity index is 784. The van der Waals surface area contributed by atoms with Crippen LogP contribution in [0.3, 0.4) is 0 Å². The molecule has 0 aromatic rings. The minimum atomic E-state index is -1.10. The van der Waals surface area contributed by atoms with E-state index in [4.69, 9.17) is 0 Å². The predicted octanol–water partition coefficient (Wildman–Crippen LogP) is 13.8. The number of rotatable bonds is 43. The fourth-order valence-corrected chi connectivity index (χ4v) is 7.32. The first kappa shape index (κ1) is 51.8. The van der Waals surface area contributed by atoms with Crippen LogP contribution < -0.4 is 5.32 Å². The molecular formula is C48H93NO4. The van der Waals surface area contributed by atoms with Crippen LogP contribution in [0.15, 0.2) is 24.3 Å². The molecule has 4 N–H and O–H groups in total. The predicted molar refractivity (Wildman–Crippen MR) is 231 cm³/mol. The summed E-state index contributed by atoms with van der Waals surface area (Å²) < 4.78 is 0. The van der Waals surface area contributed by atoms with Gasteiger partial charge in [0, 0.05) is 0 Å². The summed E-state index contributed by atoms with van der Waals surface area (Å²) in [6, 6.07) is -0.811. The van der Waals surface area contributed by atoms with Crippen LogP contribution in [-0.2, 0) is 4.79 Å². The van der Waals surface area contributed by atoms with Crippen molar-refractivity contribution in [3.8, 4) is 0 Å². The number of amides is 1. The molecular weight excluding hydrogens is 655 g/mol. The molecule has 0 aromatic carbocycles. The Hall–Kier alpha value is -1.17. The van der Waals surface area contributed by atoms with Gasteiger partial charge in [0.25, 0.3) is 0 Å². The van der Waals surface area contributed by atoms with Gasteiger partial charge >= 0.3 is 0 Å². The van der Waals surface area contributed by atoms with Gasteiger partial charge in [-0.3, -0.25) is 4.79 Å². The second-order valence-corrected chi connectivity index (χ2v) is 16.3. The van der Waals surface area contributed by atoms with E-state index >= 15 is 0 Å². The Morgan fingerprint density at radius 2 is 0.774 bits per heavy atom. The fraction of sp³-hybridized carbons (Fsp3) is 0.896. The van der Waals surface area contributed by atoms with E-state index in [9.17, 15) is 20.1 Å². The van der Waals surface area contributed by atoms with E-state index in [2.05, 4.69) is 31.3 Å². The second-order valence-electron chi connectivity index (χ2n) is 16.3. The SMILES string of the molecule is CCCCCCCCCCCCCCC/C=C/CC/C=C/C(O)C(CO)NC(=O)C(O)CCCCCCCCCCCCCCCCCCCCCC. The van der Waals surface area contributed by atoms with Crippen LogP contribution in [0.4, 0.5) is 0 Å². The van der Waals surface area contributed by atoms with Crippen molar-refractivity contribution in [3.63, 3.8) is 0 Å². The molecule has 0 saturated carbocycles. The second kappa shape index (κ2) is 43.6. The van der Waals surface area contributed by atoms with E-state index in [1.165, 1.54) is 193 Å². The van der Waals surface area contributed by atoms with Crippen molar-refractivity contribution < 1.29 is 20.1 Å². The van der Waals surface area contributed by atoms with Crippen LogP contribution in [-0.4, -0.2) is 46.1 Å². The fourth-order valence-electron chi connectivity index (χ4n) is 7.32. The van der Waals surface area contributed by atoms with Crippen LogP contribution in [0.25, 0.3) is 0 Å². The lowest BCUT2D eigenvalue weighted by molar-refractivity contribution is -0.131. The topological polar surface area (TPSA) is 89.8 Å². The molecule has 5 heteroatoms. The van der Waals surface area contributed by atoms with Crippen molar-refractivity contribution in [1.29, 1.82) is 0 Å². The van der Waals surface area contributed by atoms with Crippen molar-refractivity contribution in [2.24, 2.45) is 0 Å². The van der Waals surface area contributed by atoms with E-state index in [0.29, 0.717) is 6.42 Å². The maximum atomic E-state index is 12.5. The number of aliphatic hydroxyl groups excluding tert-OH is 3. The molecule has 0 rings (SSSR count). The Morgan fingerprint density at radius 1 is 0.453 bits per heavy atom. The van der Waals surface area contributed by atoms with E-state index in [1.54, 1.807) is 6.08 Å². The summed E-state index contributed by atoms with van der Waals surface area (Å²) in [5.74, 6) is -0.509. The average Bonchev–Trinajstić information content (AvgIpc) is 3.16. The molecule has 0 aliphatic rings. The van der Waals surface area contributed by atoms with Gasteiger partial charge in [-0.2, -0.15) is 0 Å². The van der Waals surface area contributed by atoms with Crippen molar-refractivity contribution in [2.75, 3.05) is 6.61 Å². The molecule has 0 bridgehead atoms. The molecule has 0 aliphatic heterocycles. The lowest BCUT2D eigenvalue weighted by Gasteiger charge is -2.21. The molecule has 3 atom stereocenters. The zero-order valence-electron chi connectivity index (χ0n) is 35.7. The van der Waals surface area contributed by atoms with Gasteiger partial charge in [0.2, 0.25) is 5.91 Å². The normalized spacial score (nSPS) is 13.7. The van der Waals surface area contributed by atoms with Crippen molar-refractivity contribution in [2.45, 2.75) is 270 Å². The van der Waals surface area contributed by atoms with Crippen molar-refractivity contribution in [1.82, 2.24) is 5.32 Å². The minimum absolute atomic E-state index is 0.373.